The molecule has 0 bridgehead atoms. The van der Waals surface area contributed by atoms with Crippen LogP contribution >= 0.6 is 15.9 Å². The third-order valence-electron chi connectivity index (χ3n) is 3.95. The summed E-state index contributed by atoms with van der Waals surface area (Å²) >= 11 is 3.33. The summed E-state index contributed by atoms with van der Waals surface area (Å²) in [6.45, 7) is 10.8. The molecule has 9 nitrogen and oxygen atoms in total. The molecule has 0 aliphatic carbocycles. The zero-order chi connectivity index (χ0) is 23.9. The minimum atomic E-state index is -0.514. The van der Waals surface area contributed by atoms with Crippen molar-refractivity contribution in [2.45, 2.75) is 41.5 Å². The molecule has 0 aliphatic heterocycles. The van der Waals surface area contributed by atoms with Gasteiger partial charge in [0.05, 0.1) is 27.2 Å². The van der Waals surface area contributed by atoms with Crippen LogP contribution in [0.4, 0.5) is 17.1 Å². The fraction of sp³-hybridized carbons (Fsp3) is 0.286. The molecule has 0 aromatic carbocycles. The Bertz CT molecular complexity index is 992. The first kappa shape index (κ1) is 25.8. The van der Waals surface area contributed by atoms with Gasteiger partial charge in [0.25, 0.3) is 5.69 Å². The van der Waals surface area contributed by atoms with Crippen LogP contribution in [-0.2, 0) is 0 Å². The molecule has 3 aromatic heterocycles. The Morgan fingerprint density at radius 1 is 0.871 bits per heavy atom. The second kappa shape index (κ2) is 11.2. The number of halogens is 1. The SMILES string of the molecule is Cc1cc(N)c(Br)c(C)n1.Cc1cc(N)cc(C)n1.Cc1cc([N+](=O)[O-])cc(C)[n+]1[O-]. The van der Waals surface area contributed by atoms with Crippen molar-refractivity contribution >= 4 is 33.0 Å². The molecule has 3 rings (SSSR count). The molecule has 0 atom stereocenters. The Morgan fingerprint density at radius 2 is 1.32 bits per heavy atom. The highest BCUT2D eigenvalue weighted by Crippen LogP contribution is 2.22. The Labute approximate surface area is 190 Å². The van der Waals surface area contributed by atoms with Crippen molar-refractivity contribution in [3.8, 4) is 0 Å². The molecule has 3 heterocycles. The summed E-state index contributed by atoms with van der Waals surface area (Å²) < 4.78 is 1.56. The first-order valence-electron chi connectivity index (χ1n) is 9.27. The van der Waals surface area contributed by atoms with Gasteiger partial charge in [-0.3, -0.25) is 20.1 Å². The zero-order valence-corrected chi connectivity index (χ0v) is 20.0. The normalized spacial score (nSPS) is 9.77. The van der Waals surface area contributed by atoms with Crippen molar-refractivity contribution in [3.63, 3.8) is 0 Å². The lowest BCUT2D eigenvalue weighted by molar-refractivity contribution is -0.619. The Balaban J connectivity index is 0.000000235. The molecule has 0 spiro atoms. The number of hydrogen-bond donors (Lipinski definition) is 2. The van der Waals surface area contributed by atoms with E-state index in [1.807, 2.05) is 45.9 Å². The molecule has 10 heteroatoms. The van der Waals surface area contributed by atoms with Crippen molar-refractivity contribution < 1.29 is 9.65 Å². The van der Waals surface area contributed by atoms with E-state index in [9.17, 15) is 15.3 Å². The number of aryl methyl sites for hydroxylation is 6. The number of pyridine rings is 3. The van der Waals surface area contributed by atoms with Crippen LogP contribution in [0.1, 0.15) is 34.2 Å². The number of aromatic nitrogens is 3. The van der Waals surface area contributed by atoms with Gasteiger partial charge >= 0.3 is 0 Å². The number of nitrogen functional groups attached to an aromatic ring is 2. The number of nitrogens with two attached hydrogens (primary N) is 2. The Kier molecular flexibility index (Phi) is 9.32. The zero-order valence-electron chi connectivity index (χ0n) is 18.4. The molecule has 3 aromatic rings. The molecule has 0 amide bonds. The van der Waals surface area contributed by atoms with E-state index < -0.39 is 4.92 Å². The highest BCUT2D eigenvalue weighted by molar-refractivity contribution is 9.10. The number of hydrogen-bond acceptors (Lipinski definition) is 7. The van der Waals surface area contributed by atoms with Crippen LogP contribution in [-0.4, -0.2) is 14.9 Å². The standard InChI is InChI=1S/C7H9BrN2.C7H8N2O3.C7H10N2/c1-4-3-6(9)7(8)5(2)10-4;1-5-3-7(9(11)12)4-6(2)8(5)10;1-5-3-7(8)4-6(2)9-5/h3H,1-2H3,(H2,9,10);3-4H,1-2H3;3-4H,1-2H3,(H2,8,9). The van der Waals surface area contributed by atoms with Crippen molar-refractivity contribution in [1.29, 1.82) is 0 Å². The molecular weight excluding hydrogens is 464 g/mol. The van der Waals surface area contributed by atoms with Crippen molar-refractivity contribution in [2.75, 3.05) is 11.5 Å². The van der Waals surface area contributed by atoms with Gasteiger partial charge < -0.3 is 16.7 Å². The summed E-state index contributed by atoms with van der Waals surface area (Å²) in [5.41, 5.74) is 17.2. The fourth-order valence-electron chi connectivity index (χ4n) is 2.68. The van der Waals surface area contributed by atoms with E-state index >= 15 is 0 Å². The fourth-order valence-corrected chi connectivity index (χ4v) is 2.88. The second-order valence-corrected chi connectivity index (χ2v) is 7.78. The van der Waals surface area contributed by atoms with E-state index in [0.717, 1.165) is 38.6 Å². The summed E-state index contributed by atoms with van der Waals surface area (Å²) in [6.07, 6.45) is 0. The second-order valence-electron chi connectivity index (χ2n) is 6.98. The number of nitro groups is 1. The van der Waals surface area contributed by atoms with Crippen LogP contribution in [0.3, 0.4) is 0 Å². The number of nitrogens with zero attached hydrogens (tertiary/aromatic N) is 4. The quantitative estimate of drug-likeness (QED) is 0.225. The van der Waals surface area contributed by atoms with E-state index in [0.29, 0.717) is 16.1 Å². The minimum Gasteiger partial charge on any atom is -0.618 e. The van der Waals surface area contributed by atoms with Crippen LogP contribution < -0.4 is 16.2 Å². The highest BCUT2D eigenvalue weighted by Gasteiger charge is 2.13. The molecular formula is C21H27BrN6O3. The van der Waals surface area contributed by atoms with E-state index in [1.165, 1.54) is 26.0 Å². The molecule has 166 valence electrons. The molecule has 0 saturated carbocycles. The van der Waals surface area contributed by atoms with Gasteiger partial charge in [-0.1, -0.05) is 0 Å². The average molecular weight is 491 g/mol. The van der Waals surface area contributed by atoms with E-state index in [-0.39, 0.29) is 5.69 Å². The lowest BCUT2D eigenvalue weighted by Crippen LogP contribution is -2.33. The predicted molar refractivity (Wildman–Crippen MR) is 125 cm³/mol. The van der Waals surface area contributed by atoms with Crippen LogP contribution in [0.5, 0.6) is 0 Å². The summed E-state index contributed by atoms with van der Waals surface area (Å²) in [6, 6.07) is 8.05. The van der Waals surface area contributed by atoms with Gasteiger partial charge in [-0.05, 0) is 61.8 Å². The molecule has 31 heavy (non-hydrogen) atoms. The van der Waals surface area contributed by atoms with Crippen molar-refractivity contribution in [1.82, 2.24) is 9.97 Å². The largest absolute Gasteiger partial charge is 0.618 e. The number of rotatable bonds is 1. The van der Waals surface area contributed by atoms with E-state index in [4.69, 9.17) is 11.5 Å². The van der Waals surface area contributed by atoms with Gasteiger partial charge in [0.1, 0.15) is 0 Å². The summed E-state index contributed by atoms with van der Waals surface area (Å²) in [7, 11) is 0. The molecule has 0 unspecified atom stereocenters. The molecule has 0 saturated heterocycles. The maximum absolute atomic E-state index is 11.0. The monoisotopic (exact) mass is 490 g/mol. The van der Waals surface area contributed by atoms with E-state index in [2.05, 4.69) is 25.9 Å². The lowest BCUT2D eigenvalue weighted by Gasteiger charge is -2.02. The van der Waals surface area contributed by atoms with Crippen LogP contribution in [0, 0.1) is 56.9 Å². The van der Waals surface area contributed by atoms with Gasteiger partial charge in [-0.2, -0.15) is 4.73 Å². The average Bonchev–Trinajstić information content (AvgIpc) is 2.63. The maximum Gasteiger partial charge on any atom is 0.282 e. The first-order valence-corrected chi connectivity index (χ1v) is 10.1. The summed E-state index contributed by atoms with van der Waals surface area (Å²) in [5, 5.41) is 21.3. The Hall–Kier alpha value is -3.27. The van der Waals surface area contributed by atoms with Gasteiger partial charge in [0.2, 0.25) is 0 Å². The smallest absolute Gasteiger partial charge is 0.282 e. The number of anilines is 2. The highest BCUT2D eigenvalue weighted by atomic mass is 79.9. The van der Waals surface area contributed by atoms with Gasteiger partial charge in [-0.15, -0.1) is 0 Å². The molecule has 0 fully saturated rings. The maximum atomic E-state index is 11.0. The topological polar surface area (TPSA) is 148 Å². The molecule has 0 aliphatic rings. The van der Waals surface area contributed by atoms with E-state index in [1.54, 1.807) is 0 Å². The van der Waals surface area contributed by atoms with Crippen LogP contribution in [0.15, 0.2) is 34.8 Å². The Morgan fingerprint density at radius 3 is 1.71 bits per heavy atom. The minimum absolute atomic E-state index is 0.0444. The van der Waals surface area contributed by atoms with Gasteiger partial charge in [-0.25, -0.2) is 0 Å². The molecule has 0 radical (unpaired) electrons. The third-order valence-corrected chi connectivity index (χ3v) is 4.98. The molecule has 4 N–H and O–H groups in total. The summed E-state index contributed by atoms with van der Waals surface area (Å²) in [4.78, 5) is 18.2. The predicted octanol–water partition coefficient (Wildman–Crippen LogP) is 4.17. The van der Waals surface area contributed by atoms with Crippen molar-refractivity contribution in [3.05, 3.63) is 84.3 Å². The van der Waals surface area contributed by atoms with Gasteiger partial charge in [0, 0.05) is 42.3 Å². The summed E-state index contributed by atoms with van der Waals surface area (Å²) in [5.74, 6) is 0. The third kappa shape index (κ3) is 8.17. The lowest BCUT2D eigenvalue weighted by atomic mass is 10.3. The van der Waals surface area contributed by atoms with Gasteiger partial charge in [0.15, 0.2) is 11.4 Å². The van der Waals surface area contributed by atoms with Crippen molar-refractivity contribution in [2.24, 2.45) is 0 Å². The van der Waals surface area contributed by atoms with Crippen LogP contribution in [0.2, 0.25) is 0 Å². The van der Waals surface area contributed by atoms with Crippen LogP contribution in [0.25, 0.3) is 0 Å². The first-order chi connectivity index (χ1) is 14.3.